The zero-order valence-electron chi connectivity index (χ0n) is 18.8. The summed E-state index contributed by atoms with van der Waals surface area (Å²) >= 11 is 7.59. The van der Waals surface area contributed by atoms with E-state index in [-0.39, 0.29) is 11.8 Å². The third kappa shape index (κ3) is 7.76. The molecule has 0 radical (unpaired) electrons. The van der Waals surface area contributed by atoms with Crippen LogP contribution in [0.2, 0.25) is 5.02 Å². The molecule has 1 aliphatic rings. The lowest BCUT2D eigenvalue weighted by molar-refractivity contribution is -0.126. The summed E-state index contributed by atoms with van der Waals surface area (Å²) < 4.78 is 5.19. The van der Waals surface area contributed by atoms with E-state index in [9.17, 15) is 9.59 Å². The van der Waals surface area contributed by atoms with Gasteiger partial charge in [0.05, 0.1) is 11.6 Å². The summed E-state index contributed by atoms with van der Waals surface area (Å²) in [6, 6.07) is 7.69. The number of piperidine rings is 1. The van der Waals surface area contributed by atoms with E-state index >= 15 is 0 Å². The molecule has 1 saturated heterocycles. The van der Waals surface area contributed by atoms with Crippen LogP contribution in [0, 0.1) is 5.92 Å². The van der Waals surface area contributed by atoms with Crippen LogP contribution in [0.15, 0.2) is 29.6 Å². The summed E-state index contributed by atoms with van der Waals surface area (Å²) in [4.78, 5) is 31.3. The summed E-state index contributed by atoms with van der Waals surface area (Å²) in [7, 11) is 0. The first-order valence-corrected chi connectivity index (χ1v) is 12.1. The fraction of sp³-hybridized carbons (Fsp3) is 0.522. The lowest BCUT2D eigenvalue weighted by Crippen LogP contribution is -2.44. The van der Waals surface area contributed by atoms with Gasteiger partial charge in [0.15, 0.2) is 0 Å². The van der Waals surface area contributed by atoms with E-state index in [1.807, 2.05) is 45.0 Å². The van der Waals surface area contributed by atoms with E-state index < -0.39 is 11.7 Å². The molecule has 1 atom stereocenters. The maximum Gasteiger partial charge on any atom is 0.407 e. The standard InChI is InChI=1S/C23H31ClN4O3S/c1-23(2,3)31-22(30)26-11-10-25-20(29)17-5-4-12-28(13-17)14-19-15-32-21(27-19)16-6-8-18(24)9-7-16/h6-9,15,17H,4-5,10-14H2,1-3H3,(H,25,29)(H,26,30). The predicted octanol–water partition coefficient (Wildman–Crippen LogP) is 4.32. The Morgan fingerprint density at radius 2 is 1.94 bits per heavy atom. The molecule has 1 aromatic heterocycles. The molecule has 0 bridgehead atoms. The molecule has 0 aliphatic carbocycles. The van der Waals surface area contributed by atoms with E-state index in [0.29, 0.717) is 24.7 Å². The molecule has 7 nitrogen and oxygen atoms in total. The number of nitrogens with zero attached hydrogens (tertiary/aromatic N) is 2. The van der Waals surface area contributed by atoms with E-state index in [2.05, 4.69) is 20.9 Å². The first-order chi connectivity index (χ1) is 15.2. The largest absolute Gasteiger partial charge is 0.444 e. The average molecular weight is 479 g/mol. The molecule has 9 heteroatoms. The van der Waals surface area contributed by atoms with Crippen LogP contribution < -0.4 is 10.6 Å². The number of benzene rings is 1. The molecular weight excluding hydrogens is 448 g/mol. The molecule has 2 heterocycles. The van der Waals surface area contributed by atoms with Crippen molar-refractivity contribution in [1.82, 2.24) is 20.5 Å². The second-order valence-corrected chi connectivity index (χ2v) is 10.2. The summed E-state index contributed by atoms with van der Waals surface area (Å²) in [5.41, 5.74) is 1.54. The predicted molar refractivity (Wildman–Crippen MR) is 128 cm³/mol. The minimum atomic E-state index is -0.536. The number of nitrogens with one attached hydrogen (secondary N) is 2. The zero-order chi connectivity index (χ0) is 23.1. The van der Waals surface area contributed by atoms with Crippen molar-refractivity contribution in [3.05, 3.63) is 40.4 Å². The number of likely N-dealkylation sites (tertiary alicyclic amines) is 1. The molecular formula is C23H31ClN4O3S. The molecule has 3 rings (SSSR count). The highest BCUT2D eigenvalue weighted by molar-refractivity contribution is 7.13. The smallest absolute Gasteiger partial charge is 0.407 e. The summed E-state index contributed by atoms with van der Waals surface area (Å²) in [5.74, 6) is -0.0273. The third-order valence-corrected chi connectivity index (χ3v) is 6.19. The number of halogens is 1. The average Bonchev–Trinajstić information content (AvgIpc) is 3.19. The number of alkyl carbamates (subject to hydrolysis) is 1. The molecule has 1 aromatic carbocycles. The van der Waals surface area contributed by atoms with Crippen LogP contribution in [0.25, 0.3) is 10.6 Å². The monoisotopic (exact) mass is 478 g/mol. The van der Waals surface area contributed by atoms with Crippen molar-refractivity contribution in [2.75, 3.05) is 26.2 Å². The molecule has 2 aromatic rings. The van der Waals surface area contributed by atoms with Gasteiger partial charge in [0.1, 0.15) is 10.6 Å². The molecule has 1 unspecified atom stereocenters. The van der Waals surface area contributed by atoms with Gasteiger partial charge in [-0.1, -0.05) is 23.7 Å². The Balaban J connectivity index is 1.42. The van der Waals surface area contributed by atoms with Crippen LogP contribution in [0.1, 0.15) is 39.3 Å². The van der Waals surface area contributed by atoms with Crippen LogP contribution >= 0.6 is 22.9 Å². The van der Waals surface area contributed by atoms with Crippen molar-refractivity contribution in [1.29, 1.82) is 0 Å². The molecule has 32 heavy (non-hydrogen) atoms. The van der Waals surface area contributed by atoms with E-state index in [1.165, 1.54) is 0 Å². The number of amides is 2. The molecule has 2 amide bonds. The molecule has 1 aliphatic heterocycles. The zero-order valence-corrected chi connectivity index (χ0v) is 20.4. The van der Waals surface area contributed by atoms with Crippen molar-refractivity contribution in [3.63, 3.8) is 0 Å². The fourth-order valence-electron chi connectivity index (χ4n) is 3.56. The second kappa shape index (κ2) is 11.1. The topological polar surface area (TPSA) is 83.6 Å². The fourth-order valence-corrected chi connectivity index (χ4v) is 4.50. The minimum Gasteiger partial charge on any atom is -0.444 e. The van der Waals surface area contributed by atoms with Gasteiger partial charge in [0.25, 0.3) is 0 Å². The van der Waals surface area contributed by atoms with Gasteiger partial charge in [-0.3, -0.25) is 9.69 Å². The number of rotatable bonds is 7. The number of ether oxygens (including phenoxy) is 1. The minimum absolute atomic E-state index is 0.0285. The summed E-state index contributed by atoms with van der Waals surface area (Å²) in [5, 5.41) is 9.35. The Hall–Kier alpha value is -2.16. The third-order valence-electron chi connectivity index (χ3n) is 5.00. The van der Waals surface area contributed by atoms with Gasteiger partial charge >= 0.3 is 6.09 Å². The van der Waals surface area contributed by atoms with Gasteiger partial charge in [-0.15, -0.1) is 11.3 Å². The Kier molecular flexibility index (Phi) is 8.51. The molecule has 2 N–H and O–H groups in total. The van der Waals surface area contributed by atoms with Crippen molar-refractivity contribution in [3.8, 4) is 10.6 Å². The Morgan fingerprint density at radius 1 is 1.22 bits per heavy atom. The number of aromatic nitrogens is 1. The highest BCUT2D eigenvalue weighted by Crippen LogP contribution is 2.26. The molecule has 0 spiro atoms. The maximum absolute atomic E-state index is 12.6. The Morgan fingerprint density at radius 3 is 2.66 bits per heavy atom. The van der Waals surface area contributed by atoms with Crippen molar-refractivity contribution < 1.29 is 14.3 Å². The molecule has 174 valence electrons. The van der Waals surface area contributed by atoms with Crippen LogP contribution in [0.4, 0.5) is 4.79 Å². The van der Waals surface area contributed by atoms with Gasteiger partial charge in [-0.2, -0.15) is 0 Å². The summed E-state index contributed by atoms with van der Waals surface area (Å²) in [6.45, 7) is 8.55. The van der Waals surface area contributed by atoms with Crippen LogP contribution in [0.5, 0.6) is 0 Å². The highest BCUT2D eigenvalue weighted by Gasteiger charge is 2.26. The second-order valence-electron chi connectivity index (χ2n) is 8.94. The van der Waals surface area contributed by atoms with Gasteiger partial charge in [-0.05, 0) is 52.3 Å². The van der Waals surface area contributed by atoms with Crippen LogP contribution in [-0.2, 0) is 16.1 Å². The van der Waals surface area contributed by atoms with Crippen LogP contribution in [0.3, 0.4) is 0 Å². The SMILES string of the molecule is CC(C)(C)OC(=O)NCCNC(=O)C1CCCN(Cc2csc(-c3ccc(Cl)cc3)n2)C1. The first kappa shape index (κ1) is 24.5. The lowest BCUT2D eigenvalue weighted by Gasteiger charge is -2.31. The van der Waals surface area contributed by atoms with Gasteiger partial charge in [0, 0.05) is 42.1 Å². The van der Waals surface area contributed by atoms with Gasteiger partial charge < -0.3 is 15.4 Å². The number of thiazole rings is 1. The highest BCUT2D eigenvalue weighted by atomic mass is 35.5. The number of carbonyl (C=O) groups is 2. The quantitative estimate of drug-likeness (QED) is 0.579. The van der Waals surface area contributed by atoms with Gasteiger partial charge in [0.2, 0.25) is 5.91 Å². The summed E-state index contributed by atoms with van der Waals surface area (Å²) in [6.07, 6.45) is 1.37. The van der Waals surface area contributed by atoms with Crippen molar-refractivity contribution in [2.24, 2.45) is 5.92 Å². The number of carbonyl (C=O) groups excluding carboxylic acids is 2. The van der Waals surface area contributed by atoms with E-state index in [1.54, 1.807) is 11.3 Å². The van der Waals surface area contributed by atoms with Crippen LogP contribution in [-0.4, -0.2) is 53.7 Å². The Labute approximate surface area is 198 Å². The Bertz CT molecular complexity index is 911. The van der Waals surface area contributed by atoms with Crippen molar-refractivity contribution >= 4 is 34.9 Å². The lowest BCUT2D eigenvalue weighted by atomic mass is 9.97. The number of hydrogen-bond acceptors (Lipinski definition) is 6. The molecule has 0 saturated carbocycles. The van der Waals surface area contributed by atoms with Gasteiger partial charge in [-0.25, -0.2) is 9.78 Å². The number of hydrogen-bond donors (Lipinski definition) is 2. The van der Waals surface area contributed by atoms with E-state index in [0.717, 1.165) is 42.2 Å². The normalized spacial score (nSPS) is 17.1. The maximum atomic E-state index is 12.6. The first-order valence-electron chi connectivity index (χ1n) is 10.9. The van der Waals surface area contributed by atoms with E-state index in [4.69, 9.17) is 21.3 Å². The van der Waals surface area contributed by atoms with Crippen molar-refractivity contribution in [2.45, 2.75) is 45.8 Å². The molecule has 1 fully saturated rings.